The Balaban J connectivity index is 1.87. The number of hydrogen-bond donors (Lipinski definition) is 1. The Morgan fingerprint density at radius 3 is 2.60 bits per heavy atom. The second kappa shape index (κ2) is 6.52. The number of rotatable bonds is 5. The third-order valence-electron chi connectivity index (χ3n) is 3.48. The molecule has 0 aliphatic carbocycles. The zero-order valence-corrected chi connectivity index (χ0v) is 11.5. The topological polar surface area (TPSA) is 66.8 Å². The minimum absolute atomic E-state index is 0.0172. The lowest BCUT2D eigenvalue weighted by atomic mass is 10.1. The van der Waals surface area contributed by atoms with Crippen molar-refractivity contribution < 1.29 is 19.4 Å². The van der Waals surface area contributed by atoms with Gasteiger partial charge in [0.05, 0.1) is 18.1 Å². The van der Waals surface area contributed by atoms with Gasteiger partial charge < -0.3 is 14.7 Å². The van der Waals surface area contributed by atoms with Crippen molar-refractivity contribution >= 4 is 11.9 Å². The van der Waals surface area contributed by atoms with Gasteiger partial charge in [0.15, 0.2) is 0 Å². The van der Waals surface area contributed by atoms with Crippen LogP contribution in [0.4, 0.5) is 0 Å². The molecule has 1 aliphatic rings. The summed E-state index contributed by atoms with van der Waals surface area (Å²) in [4.78, 5) is 24.5. The van der Waals surface area contributed by atoms with E-state index >= 15 is 0 Å². The van der Waals surface area contributed by atoms with E-state index < -0.39 is 5.97 Å². The van der Waals surface area contributed by atoms with Crippen LogP contribution in [-0.2, 0) is 16.0 Å². The number of carboxylic acids is 1. The van der Waals surface area contributed by atoms with Gasteiger partial charge in [-0.3, -0.25) is 4.79 Å². The molecule has 1 aromatic rings. The van der Waals surface area contributed by atoms with Crippen LogP contribution in [0.1, 0.15) is 28.8 Å². The second-order valence-corrected chi connectivity index (χ2v) is 5.09. The molecule has 1 aromatic carbocycles. The Morgan fingerprint density at radius 2 is 2.05 bits per heavy atom. The van der Waals surface area contributed by atoms with Gasteiger partial charge in [-0.2, -0.15) is 0 Å². The first-order chi connectivity index (χ1) is 9.56. The average molecular weight is 277 g/mol. The molecule has 0 aromatic heterocycles. The van der Waals surface area contributed by atoms with Gasteiger partial charge in [0, 0.05) is 20.2 Å². The molecule has 1 fully saturated rings. The highest BCUT2D eigenvalue weighted by Crippen LogP contribution is 2.13. The van der Waals surface area contributed by atoms with Crippen molar-refractivity contribution in [3.8, 4) is 0 Å². The highest BCUT2D eigenvalue weighted by molar-refractivity contribution is 5.87. The van der Waals surface area contributed by atoms with Crippen LogP contribution in [0, 0.1) is 0 Å². The van der Waals surface area contributed by atoms with Crippen LogP contribution in [0.2, 0.25) is 0 Å². The van der Waals surface area contributed by atoms with Crippen molar-refractivity contribution in [3.63, 3.8) is 0 Å². The van der Waals surface area contributed by atoms with E-state index in [0.29, 0.717) is 6.54 Å². The maximum atomic E-state index is 12.1. The lowest BCUT2D eigenvalue weighted by Gasteiger charge is -2.20. The summed E-state index contributed by atoms with van der Waals surface area (Å²) < 4.78 is 5.51. The number of aromatic carboxylic acids is 1. The molecule has 0 radical (unpaired) electrons. The Hall–Kier alpha value is -1.88. The van der Waals surface area contributed by atoms with Gasteiger partial charge in [-0.05, 0) is 30.5 Å². The predicted octanol–water partition coefficient (Wildman–Crippen LogP) is 1.56. The summed E-state index contributed by atoms with van der Waals surface area (Å²) in [7, 11) is 1.77. The fourth-order valence-corrected chi connectivity index (χ4v) is 2.27. The van der Waals surface area contributed by atoms with Gasteiger partial charge in [0.2, 0.25) is 5.91 Å². The molecule has 1 atom stereocenters. The summed E-state index contributed by atoms with van der Waals surface area (Å²) in [6.07, 6.45) is 2.50. The second-order valence-electron chi connectivity index (χ2n) is 5.09. The van der Waals surface area contributed by atoms with Crippen molar-refractivity contribution in [1.29, 1.82) is 0 Å². The van der Waals surface area contributed by atoms with Gasteiger partial charge >= 0.3 is 5.97 Å². The first-order valence-corrected chi connectivity index (χ1v) is 6.74. The molecule has 0 saturated carbocycles. The lowest BCUT2D eigenvalue weighted by molar-refractivity contribution is -0.130. The zero-order valence-electron chi connectivity index (χ0n) is 11.5. The summed E-state index contributed by atoms with van der Waals surface area (Å²) in [6.45, 7) is 1.40. The molecule has 1 heterocycles. The number of carbonyl (C=O) groups excluding carboxylic acids is 1. The van der Waals surface area contributed by atoms with Crippen LogP contribution < -0.4 is 0 Å². The Morgan fingerprint density at radius 1 is 1.35 bits per heavy atom. The third-order valence-corrected chi connectivity index (χ3v) is 3.48. The van der Waals surface area contributed by atoms with E-state index in [1.165, 1.54) is 12.1 Å². The molecule has 0 spiro atoms. The van der Waals surface area contributed by atoms with E-state index in [9.17, 15) is 9.59 Å². The number of benzene rings is 1. The fraction of sp³-hybridized carbons (Fsp3) is 0.467. The van der Waals surface area contributed by atoms with Gasteiger partial charge in [0.1, 0.15) is 0 Å². The van der Waals surface area contributed by atoms with Crippen molar-refractivity contribution in [2.45, 2.75) is 25.4 Å². The van der Waals surface area contributed by atoms with E-state index in [1.54, 1.807) is 24.1 Å². The Bertz CT molecular complexity index is 477. The molecule has 5 nitrogen and oxygen atoms in total. The summed E-state index contributed by atoms with van der Waals surface area (Å²) >= 11 is 0. The summed E-state index contributed by atoms with van der Waals surface area (Å²) in [5, 5.41) is 8.82. The van der Waals surface area contributed by atoms with Gasteiger partial charge in [0.25, 0.3) is 0 Å². The smallest absolute Gasteiger partial charge is 0.335 e. The molecule has 1 aliphatic heterocycles. The van der Waals surface area contributed by atoms with Crippen molar-refractivity contribution in [2.24, 2.45) is 0 Å². The van der Waals surface area contributed by atoms with Crippen molar-refractivity contribution in [3.05, 3.63) is 35.4 Å². The number of amides is 1. The number of likely N-dealkylation sites (N-methyl/N-ethyl adjacent to an activating group) is 1. The zero-order chi connectivity index (χ0) is 14.5. The molecule has 20 heavy (non-hydrogen) atoms. The molecule has 1 saturated heterocycles. The molecule has 2 rings (SSSR count). The fourth-order valence-electron chi connectivity index (χ4n) is 2.27. The van der Waals surface area contributed by atoms with Crippen LogP contribution in [0.15, 0.2) is 24.3 Å². The minimum Gasteiger partial charge on any atom is -0.478 e. The number of hydrogen-bond acceptors (Lipinski definition) is 3. The molecule has 1 N–H and O–H groups in total. The molecule has 0 bridgehead atoms. The number of nitrogens with zero attached hydrogens (tertiary/aromatic N) is 1. The van der Waals surface area contributed by atoms with Gasteiger partial charge in [-0.25, -0.2) is 4.79 Å². The van der Waals surface area contributed by atoms with Crippen molar-refractivity contribution in [2.75, 3.05) is 20.2 Å². The number of carbonyl (C=O) groups is 2. The standard InChI is InChI=1S/C15H19NO4/c1-16(10-13-3-2-8-20-13)14(17)9-11-4-6-12(7-5-11)15(18)19/h4-7,13H,2-3,8-10H2,1H3,(H,18,19)/t13-/m0/s1. The summed E-state index contributed by atoms with van der Waals surface area (Å²) in [5.41, 5.74) is 1.05. The van der Waals surface area contributed by atoms with Gasteiger partial charge in [-0.15, -0.1) is 0 Å². The van der Waals surface area contributed by atoms with Crippen LogP contribution in [0.3, 0.4) is 0 Å². The van der Waals surface area contributed by atoms with Crippen LogP contribution in [0.5, 0.6) is 0 Å². The highest BCUT2D eigenvalue weighted by atomic mass is 16.5. The van der Waals surface area contributed by atoms with E-state index in [-0.39, 0.29) is 24.0 Å². The minimum atomic E-state index is -0.960. The van der Waals surface area contributed by atoms with E-state index in [4.69, 9.17) is 9.84 Å². The van der Waals surface area contributed by atoms with Crippen LogP contribution in [-0.4, -0.2) is 48.2 Å². The average Bonchev–Trinajstić information content (AvgIpc) is 2.92. The number of ether oxygens (including phenoxy) is 1. The Labute approximate surface area is 118 Å². The van der Waals surface area contributed by atoms with E-state index in [0.717, 1.165) is 25.0 Å². The van der Waals surface area contributed by atoms with Crippen LogP contribution in [0.25, 0.3) is 0 Å². The molecular formula is C15H19NO4. The quantitative estimate of drug-likeness (QED) is 0.887. The largest absolute Gasteiger partial charge is 0.478 e. The summed E-state index contributed by atoms with van der Waals surface area (Å²) in [6, 6.07) is 6.40. The maximum absolute atomic E-state index is 12.1. The Kier molecular flexibility index (Phi) is 4.74. The third kappa shape index (κ3) is 3.81. The van der Waals surface area contributed by atoms with Crippen LogP contribution >= 0.6 is 0 Å². The molecule has 108 valence electrons. The predicted molar refractivity (Wildman–Crippen MR) is 73.7 cm³/mol. The monoisotopic (exact) mass is 277 g/mol. The molecule has 5 heteroatoms. The highest BCUT2D eigenvalue weighted by Gasteiger charge is 2.20. The first kappa shape index (κ1) is 14.5. The normalized spacial score (nSPS) is 17.9. The SMILES string of the molecule is CN(C[C@@H]1CCCO1)C(=O)Cc1ccc(C(=O)O)cc1. The molecule has 1 amide bonds. The van der Waals surface area contributed by atoms with E-state index in [2.05, 4.69) is 0 Å². The molecule has 0 unspecified atom stereocenters. The maximum Gasteiger partial charge on any atom is 0.335 e. The molecular weight excluding hydrogens is 258 g/mol. The first-order valence-electron chi connectivity index (χ1n) is 6.74. The lowest BCUT2D eigenvalue weighted by Crippen LogP contribution is -2.35. The van der Waals surface area contributed by atoms with E-state index in [1.807, 2.05) is 0 Å². The van der Waals surface area contributed by atoms with Crippen molar-refractivity contribution in [1.82, 2.24) is 4.90 Å². The van der Waals surface area contributed by atoms with Gasteiger partial charge in [-0.1, -0.05) is 12.1 Å². The number of carboxylic acid groups (broad SMARTS) is 1. The summed E-state index contributed by atoms with van der Waals surface area (Å²) in [5.74, 6) is -0.943.